The highest BCUT2D eigenvalue weighted by Crippen LogP contribution is 2.18. The lowest BCUT2D eigenvalue weighted by Gasteiger charge is -2.11. The van der Waals surface area contributed by atoms with Crippen LogP contribution in [0.15, 0.2) is 65.5 Å². The number of ether oxygens (including phenoxy) is 1. The van der Waals surface area contributed by atoms with Crippen molar-refractivity contribution in [2.45, 2.75) is 33.4 Å². The van der Waals surface area contributed by atoms with E-state index in [9.17, 15) is 9.59 Å². The zero-order valence-electron chi connectivity index (χ0n) is 16.7. The number of carbonyl (C=O) groups is 1. The van der Waals surface area contributed by atoms with Gasteiger partial charge in [-0.15, -0.1) is 0 Å². The molecule has 0 aliphatic carbocycles. The molecule has 6 heteroatoms. The van der Waals surface area contributed by atoms with E-state index in [4.69, 9.17) is 4.74 Å². The van der Waals surface area contributed by atoms with Crippen molar-refractivity contribution in [2.75, 3.05) is 6.61 Å². The molecule has 1 aromatic heterocycles. The Balaban J connectivity index is 1.61. The molecule has 0 fully saturated rings. The first kappa shape index (κ1) is 20.3. The summed E-state index contributed by atoms with van der Waals surface area (Å²) in [6.45, 7) is 5.10. The monoisotopic (exact) mass is 391 g/mol. The molecule has 0 bridgehead atoms. The van der Waals surface area contributed by atoms with Crippen molar-refractivity contribution < 1.29 is 9.53 Å². The summed E-state index contributed by atoms with van der Waals surface area (Å²) in [5, 5.41) is 7.28. The van der Waals surface area contributed by atoms with Gasteiger partial charge in [0.1, 0.15) is 5.75 Å². The van der Waals surface area contributed by atoms with Crippen LogP contribution in [0, 0.1) is 6.92 Å². The lowest BCUT2D eigenvalue weighted by molar-refractivity contribution is -0.121. The predicted octanol–water partition coefficient (Wildman–Crippen LogP) is 3.32. The second-order valence-electron chi connectivity index (χ2n) is 6.71. The van der Waals surface area contributed by atoms with Gasteiger partial charge in [-0.05, 0) is 26.0 Å². The van der Waals surface area contributed by atoms with Gasteiger partial charge < -0.3 is 10.1 Å². The Hall–Kier alpha value is -3.41. The van der Waals surface area contributed by atoms with Crippen LogP contribution in [0.5, 0.6) is 5.75 Å². The number of carbonyl (C=O) groups excluding carboxylic acids is 1. The van der Waals surface area contributed by atoms with Crippen molar-refractivity contribution in [3.05, 3.63) is 82.1 Å². The Kier molecular flexibility index (Phi) is 6.79. The molecule has 29 heavy (non-hydrogen) atoms. The van der Waals surface area contributed by atoms with E-state index >= 15 is 0 Å². The summed E-state index contributed by atoms with van der Waals surface area (Å²) in [6, 6.07) is 18.7. The van der Waals surface area contributed by atoms with E-state index in [0.29, 0.717) is 18.8 Å². The van der Waals surface area contributed by atoms with Gasteiger partial charge in [0.05, 0.1) is 18.8 Å². The molecule has 3 aromatic rings. The first-order valence-electron chi connectivity index (χ1n) is 9.69. The molecule has 1 heterocycles. The van der Waals surface area contributed by atoms with E-state index < -0.39 is 0 Å². The van der Waals surface area contributed by atoms with Crippen LogP contribution >= 0.6 is 0 Å². The third-order valence-electron chi connectivity index (χ3n) is 4.51. The van der Waals surface area contributed by atoms with Gasteiger partial charge in [0, 0.05) is 30.2 Å². The molecule has 3 rings (SSSR count). The number of nitrogens with zero attached hydrogens (tertiary/aromatic N) is 2. The van der Waals surface area contributed by atoms with Crippen LogP contribution in [0.3, 0.4) is 0 Å². The molecule has 6 nitrogen and oxygen atoms in total. The van der Waals surface area contributed by atoms with Crippen molar-refractivity contribution in [1.29, 1.82) is 0 Å². The fourth-order valence-electron chi connectivity index (χ4n) is 2.92. The Morgan fingerprint density at radius 2 is 1.83 bits per heavy atom. The molecule has 0 aliphatic rings. The summed E-state index contributed by atoms with van der Waals surface area (Å²) < 4.78 is 6.91. The van der Waals surface area contributed by atoms with Crippen LogP contribution in [0.1, 0.15) is 24.5 Å². The van der Waals surface area contributed by atoms with Gasteiger partial charge in [0.15, 0.2) is 0 Å². The SMILES string of the molecule is CCOc1ccccc1CNC(=O)CCn1nc(-c2ccc(C)cc2)ccc1=O. The number of rotatable bonds is 8. The molecule has 1 N–H and O–H groups in total. The third-order valence-corrected chi connectivity index (χ3v) is 4.51. The maximum Gasteiger partial charge on any atom is 0.266 e. The van der Waals surface area contributed by atoms with Crippen molar-refractivity contribution >= 4 is 5.91 Å². The molecule has 0 aliphatic heterocycles. The van der Waals surface area contributed by atoms with Crippen molar-refractivity contribution in [2.24, 2.45) is 0 Å². The van der Waals surface area contributed by atoms with E-state index in [-0.39, 0.29) is 24.4 Å². The van der Waals surface area contributed by atoms with Crippen molar-refractivity contribution in [1.82, 2.24) is 15.1 Å². The van der Waals surface area contributed by atoms with Gasteiger partial charge in [0.2, 0.25) is 5.91 Å². The van der Waals surface area contributed by atoms with Crippen LogP contribution in [-0.4, -0.2) is 22.3 Å². The van der Waals surface area contributed by atoms with Crippen LogP contribution in [0.25, 0.3) is 11.3 Å². The molecule has 0 atom stereocenters. The van der Waals surface area contributed by atoms with Gasteiger partial charge in [-0.1, -0.05) is 48.0 Å². The lowest BCUT2D eigenvalue weighted by atomic mass is 10.1. The molecule has 1 amide bonds. The molecule has 0 unspecified atom stereocenters. The molecule has 2 aromatic carbocycles. The number of hydrogen-bond acceptors (Lipinski definition) is 4. The Morgan fingerprint density at radius 3 is 2.59 bits per heavy atom. The Morgan fingerprint density at radius 1 is 1.07 bits per heavy atom. The van der Waals surface area contributed by atoms with Gasteiger partial charge in [0.25, 0.3) is 5.56 Å². The number of aromatic nitrogens is 2. The molecule has 0 radical (unpaired) electrons. The number of aryl methyl sites for hydroxylation is 2. The van der Waals surface area contributed by atoms with E-state index in [1.54, 1.807) is 6.07 Å². The van der Waals surface area contributed by atoms with Gasteiger partial charge in [-0.25, -0.2) is 4.68 Å². The van der Waals surface area contributed by atoms with Crippen molar-refractivity contribution in [3.8, 4) is 17.0 Å². The highest BCUT2D eigenvalue weighted by molar-refractivity contribution is 5.75. The lowest BCUT2D eigenvalue weighted by Crippen LogP contribution is -2.28. The number of para-hydroxylation sites is 1. The summed E-state index contributed by atoms with van der Waals surface area (Å²) >= 11 is 0. The minimum absolute atomic E-state index is 0.147. The first-order chi connectivity index (χ1) is 14.1. The average molecular weight is 391 g/mol. The summed E-state index contributed by atoms with van der Waals surface area (Å²) in [5.74, 6) is 0.615. The van der Waals surface area contributed by atoms with Gasteiger partial charge in [-0.2, -0.15) is 5.10 Å². The van der Waals surface area contributed by atoms with Crippen LogP contribution in [0.4, 0.5) is 0 Å². The summed E-state index contributed by atoms with van der Waals surface area (Å²) in [7, 11) is 0. The molecule has 150 valence electrons. The summed E-state index contributed by atoms with van der Waals surface area (Å²) in [6.07, 6.45) is 0.168. The highest BCUT2D eigenvalue weighted by atomic mass is 16.5. The van der Waals surface area contributed by atoms with Crippen molar-refractivity contribution in [3.63, 3.8) is 0 Å². The van der Waals surface area contributed by atoms with Gasteiger partial charge >= 0.3 is 0 Å². The second-order valence-corrected chi connectivity index (χ2v) is 6.71. The van der Waals surface area contributed by atoms with Crippen LogP contribution in [-0.2, 0) is 17.9 Å². The molecule has 0 saturated heterocycles. The molecule has 0 spiro atoms. The number of nitrogens with one attached hydrogen (secondary N) is 1. The molecular weight excluding hydrogens is 366 g/mol. The Labute approximate surface area is 170 Å². The molecule has 0 saturated carbocycles. The standard InChI is InChI=1S/C23H25N3O3/c1-3-29-21-7-5-4-6-19(21)16-24-22(27)14-15-26-23(28)13-12-20(25-26)18-10-8-17(2)9-11-18/h4-13H,3,14-16H2,1-2H3,(H,24,27). The second kappa shape index (κ2) is 9.68. The van der Waals surface area contributed by atoms with E-state index in [1.165, 1.54) is 10.7 Å². The fraction of sp³-hybridized carbons (Fsp3) is 0.261. The third kappa shape index (κ3) is 5.54. The van der Waals surface area contributed by atoms with E-state index in [2.05, 4.69) is 10.4 Å². The quantitative estimate of drug-likeness (QED) is 0.639. The minimum atomic E-state index is -0.227. The van der Waals surface area contributed by atoms with E-state index in [0.717, 1.165) is 22.4 Å². The molecular formula is C23H25N3O3. The van der Waals surface area contributed by atoms with Crippen LogP contribution in [0.2, 0.25) is 0 Å². The maximum absolute atomic E-state index is 12.3. The van der Waals surface area contributed by atoms with E-state index in [1.807, 2.05) is 62.4 Å². The zero-order valence-corrected chi connectivity index (χ0v) is 16.7. The smallest absolute Gasteiger partial charge is 0.266 e. The topological polar surface area (TPSA) is 73.2 Å². The van der Waals surface area contributed by atoms with Crippen LogP contribution < -0.4 is 15.6 Å². The maximum atomic E-state index is 12.3. The minimum Gasteiger partial charge on any atom is -0.494 e. The first-order valence-corrected chi connectivity index (χ1v) is 9.69. The number of amides is 1. The summed E-state index contributed by atoms with van der Waals surface area (Å²) in [5.41, 5.74) is 3.48. The fourth-order valence-corrected chi connectivity index (χ4v) is 2.92. The highest BCUT2D eigenvalue weighted by Gasteiger charge is 2.08. The average Bonchev–Trinajstić information content (AvgIpc) is 2.73. The largest absolute Gasteiger partial charge is 0.494 e. The number of benzene rings is 2. The number of hydrogen-bond donors (Lipinski definition) is 1. The predicted molar refractivity (Wildman–Crippen MR) is 113 cm³/mol. The van der Waals surface area contributed by atoms with Gasteiger partial charge in [-0.3, -0.25) is 9.59 Å². The Bertz CT molecular complexity index is 1030. The zero-order chi connectivity index (χ0) is 20.6. The normalized spacial score (nSPS) is 10.6. The summed E-state index contributed by atoms with van der Waals surface area (Å²) in [4.78, 5) is 24.4.